The van der Waals surface area contributed by atoms with Crippen LogP contribution in [0.4, 0.5) is 0 Å². The van der Waals surface area contributed by atoms with Crippen molar-refractivity contribution in [3.05, 3.63) is 74.6 Å². The number of aryl methyl sites for hydroxylation is 2. The van der Waals surface area contributed by atoms with Crippen molar-refractivity contribution in [3.8, 4) is 5.69 Å². The summed E-state index contributed by atoms with van der Waals surface area (Å²) in [6, 6.07) is 12.8. The Bertz CT molecular complexity index is 1200. The second-order valence-electron chi connectivity index (χ2n) is 6.12. The summed E-state index contributed by atoms with van der Waals surface area (Å²) in [6.45, 7) is 3.95. The van der Waals surface area contributed by atoms with Crippen molar-refractivity contribution in [1.29, 1.82) is 0 Å². The maximum atomic E-state index is 12.0. The third-order valence-electron chi connectivity index (χ3n) is 4.37. The molecular formula is C19H15ClN4O2S. The van der Waals surface area contributed by atoms with Gasteiger partial charge in [0.2, 0.25) is 5.16 Å². The molecule has 2 aromatic carbocycles. The predicted molar refractivity (Wildman–Crippen MR) is 106 cm³/mol. The van der Waals surface area contributed by atoms with Crippen molar-refractivity contribution in [2.24, 2.45) is 0 Å². The van der Waals surface area contributed by atoms with E-state index in [2.05, 4.69) is 15.5 Å². The van der Waals surface area contributed by atoms with Crippen LogP contribution in [-0.4, -0.2) is 20.2 Å². The number of benzene rings is 2. The van der Waals surface area contributed by atoms with Crippen LogP contribution >= 0.6 is 23.4 Å². The average Bonchev–Trinajstić information content (AvgIpc) is 3.12. The molecule has 0 aliphatic carbocycles. The molecule has 27 heavy (non-hydrogen) atoms. The highest BCUT2D eigenvalue weighted by Gasteiger charge is 2.13. The summed E-state index contributed by atoms with van der Waals surface area (Å²) in [6.07, 6.45) is 0. The lowest BCUT2D eigenvalue weighted by Crippen LogP contribution is -2.02. The zero-order chi connectivity index (χ0) is 19.0. The van der Waals surface area contributed by atoms with E-state index in [1.807, 2.05) is 38.1 Å². The van der Waals surface area contributed by atoms with Gasteiger partial charge in [-0.3, -0.25) is 0 Å². The summed E-state index contributed by atoms with van der Waals surface area (Å²) in [4.78, 5) is 12.0. The molecule has 0 unspecified atom stereocenters. The molecule has 2 heterocycles. The summed E-state index contributed by atoms with van der Waals surface area (Å²) >= 11 is 7.51. The molecule has 6 nitrogen and oxygen atoms in total. The molecule has 0 radical (unpaired) electrons. The van der Waals surface area contributed by atoms with Crippen molar-refractivity contribution in [3.63, 3.8) is 0 Å². The van der Waals surface area contributed by atoms with Crippen molar-refractivity contribution in [2.75, 3.05) is 0 Å². The predicted octanol–water partition coefficient (Wildman–Crippen LogP) is 4.33. The number of aromatic nitrogens is 4. The Balaban J connectivity index is 1.69. The van der Waals surface area contributed by atoms with E-state index in [0.29, 0.717) is 21.5 Å². The first-order valence-corrected chi connectivity index (χ1v) is 9.59. The summed E-state index contributed by atoms with van der Waals surface area (Å²) in [5, 5.41) is 14.0. The number of rotatable bonds is 4. The number of fused-ring (bicyclic) bond motifs is 1. The maximum absolute atomic E-state index is 12.0. The van der Waals surface area contributed by atoms with E-state index in [1.54, 1.807) is 16.8 Å². The van der Waals surface area contributed by atoms with Crippen LogP contribution in [0.5, 0.6) is 0 Å². The second-order valence-corrected chi connectivity index (χ2v) is 7.50. The highest BCUT2D eigenvalue weighted by Crippen LogP contribution is 2.28. The van der Waals surface area contributed by atoms with E-state index < -0.39 is 0 Å². The first-order valence-electron chi connectivity index (χ1n) is 8.23. The Morgan fingerprint density at radius 1 is 1.19 bits per heavy atom. The Kier molecular flexibility index (Phi) is 4.72. The molecule has 0 amide bonds. The van der Waals surface area contributed by atoms with Crippen LogP contribution in [0.2, 0.25) is 5.02 Å². The number of thioether (sulfide) groups is 1. The Morgan fingerprint density at radius 3 is 2.85 bits per heavy atom. The van der Waals surface area contributed by atoms with Gasteiger partial charge in [-0.2, -0.15) is 4.68 Å². The Labute approximate surface area is 164 Å². The molecule has 2 aromatic heterocycles. The van der Waals surface area contributed by atoms with Crippen molar-refractivity contribution >= 4 is 34.3 Å². The van der Waals surface area contributed by atoms with E-state index in [0.717, 1.165) is 27.8 Å². The molecular weight excluding hydrogens is 384 g/mol. The van der Waals surface area contributed by atoms with Crippen LogP contribution in [0.1, 0.15) is 16.7 Å². The van der Waals surface area contributed by atoms with Crippen LogP contribution in [0.3, 0.4) is 0 Å². The molecule has 0 fully saturated rings. The second kappa shape index (κ2) is 7.17. The molecule has 0 aliphatic heterocycles. The third kappa shape index (κ3) is 3.48. The molecule has 0 bridgehead atoms. The van der Waals surface area contributed by atoms with Crippen molar-refractivity contribution in [2.45, 2.75) is 24.8 Å². The van der Waals surface area contributed by atoms with Crippen LogP contribution in [-0.2, 0) is 5.75 Å². The summed E-state index contributed by atoms with van der Waals surface area (Å²) < 4.78 is 7.06. The zero-order valence-corrected chi connectivity index (χ0v) is 16.2. The minimum absolute atomic E-state index is 0.360. The van der Waals surface area contributed by atoms with Crippen LogP contribution in [0.15, 0.2) is 56.8 Å². The van der Waals surface area contributed by atoms with Gasteiger partial charge in [-0.15, -0.1) is 5.10 Å². The fraction of sp³-hybridized carbons (Fsp3) is 0.158. The van der Waals surface area contributed by atoms with Crippen molar-refractivity contribution < 1.29 is 4.42 Å². The van der Waals surface area contributed by atoms with Crippen LogP contribution in [0, 0.1) is 13.8 Å². The highest BCUT2D eigenvalue weighted by atomic mass is 35.5. The van der Waals surface area contributed by atoms with E-state index in [-0.39, 0.29) is 5.63 Å². The number of tetrazole rings is 1. The fourth-order valence-electron chi connectivity index (χ4n) is 2.83. The standard InChI is InChI=1S/C19H15ClN4O2S/c1-11-6-7-16-13(8-17(25)26-18(16)12(11)2)10-27-19-21-22-23-24(19)15-5-3-4-14(20)9-15/h3-9H,10H2,1-2H3. The number of nitrogens with zero attached hydrogens (tertiary/aromatic N) is 4. The monoisotopic (exact) mass is 398 g/mol. The lowest BCUT2D eigenvalue weighted by atomic mass is 10.0. The van der Waals surface area contributed by atoms with Crippen LogP contribution < -0.4 is 5.63 Å². The normalized spacial score (nSPS) is 11.2. The third-order valence-corrected chi connectivity index (χ3v) is 5.57. The van der Waals surface area contributed by atoms with Gasteiger partial charge in [0.05, 0.1) is 5.69 Å². The van der Waals surface area contributed by atoms with Gasteiger partial charge in [0.25, 0.3) is 0 Å². The molecule has 136 valence electrons. The molecule has 4 aromatic rings. The van der Waals surface area contributed by atoms with E-state index in [4.69, 9.17) is 16.0 Å². The summed E-state index contributed by atoms with van der Waals surface area (Å²) in [5.74, 6) is 0.533. The molecule has 0 spiro atoms. The quantitative estimate of drug-likeness (QED) is 0.376. The van der Waals surface area contributed by atoms with E-state index >= 15 is 0 Å². The van der Waals surface area contributed by atoms with Gasteiger partial charge in [0.15, 0.2) is 0 Å². The Morgan fingerprint density at radius 2 is 2.04 bits per heavy atom. The first-order chi connectivity index (χ1) is 13.0. The van der Waals surface area contributed by atoms with Gasteiger partial charge in [0.1, 0.15) is 5.58 Å². The van der Waals surface area contributed by atoms with Crippen LogP contribution in [0.25, 0.3) is 16.7 Å². The minimum Gasteiger partial charge on any atom is -0.422 e. The smallest absolute Gasteiger partial charge is 0.336 e. The van der Waals surface area contributed by atoms with Crippen molar-refractivity contribution in [1.82, 2.24) is 20.2 Å². The molecule has 0 N–H and O–H groups in total. The van der Waals surface area contributed by atoms with Gasteiger partial charge in [-0.1, -0.05) is 41.6 Å². The molecule has 4 rings (SSSR count). The van der Waals surface area contributed by atoms with Gasteiger partial charge >= 0.3 is 5.63 Å². The number of hydrogen-bond donors (Lipinski definition) is 0. The highest BCUT2D eigenvalue weighted by molar-refractivity contribution is 7.98. The average molecular weight is 399 g/mol. The molecule has 0 saturated heterocycles. The number of halogens is 1. The van der Waals surface area contributed by atoms with E-state index in [9.17, 15) is 4.79 Å². The maximum Gasteiger partial charge on any atom is 0.336 e. The van der Waals surface area contributed by atoms with Gasteiger partial charge < -0.3 is 4.42 Å². The SMILES string of the molecule is Cc1ccc2c(CSc3nnnn3-c3cccc(Cl)c3)cc(=O)oc2c1C. The molecule has 0 saturated carbocycles. The molecule has 8 heteroatoms. The summed E-state index contributed by atoms with van der Waals surface area (Å²) in [5.41, 5.74) is 3.99. The van der Waals surface area contributed by atoms with E-state index in [1.165, 1.54) is 17.8 Å². The molecule has 0 aliphatic rings. The van der Waals surface area contributed by atoms with Gasteiger partial charge in [0, 0.05) is 22.2 Å². The van der Waals surface area contributed by atoms with Gasteiger partial charge in [-0.05, 0) is 59.2 Å². The Hall–Kier alpha value is -2.64. The number of hydrogen-bond acceptors (Lipinski definition) is 6. The lowest BCUT2D eigenvalue weighted by molar-refractivity contribution is 0.557. The summed E-state index contributed by atoms with van der Waals surface area (Å²) in [7, 11) is 0. The largest absolute Gasteiger partial charge is 0.422 e. The topological polar surface area (TPSA) is 73.8 Å². The lowest BCUT2D eigenvalue weighted by Gasteiger charge is -2.09. The molecule has 0 atom stereocenters. The fourth-order valence-corrected chi connectivity index (χ4v) is 3.89. The zero-order valence-electron chi connectivity index (χ0n) is 14.6. The minimum atomic E-state index is -0.360. The first kappa shape index (κ1) is 17.8. The van der Waals surface area contributed by atoms with Gasteiger partial charge in [-0.25, -0.2) is 4.79 Å².